The van der Waals surface area contributed by atoms with Crippen LogP contribution < -0.4 is 4.85 Å². The first-order valence-electron chi connectivity index (χ1n) is 4.29. The Morgan fingerprint density at radius 2 is 1.86 bits per heavy atom. The third kappa shape index (κ3) is 1.21. The van der Waals surface area contributed by atoms with Crippen LogP contribution >= 0.6 is 0 Å². The highest BCUT2D eigenvalue weighted by Gasteiger charge is 2.21. The fourth-order valence-electron chi connectivity index (χ4n) is 1.37. The number of aryl methyl sites for hydroxylation is 1. The Hall–Kier alpha value is -1.97. The number of hydrogen-bond acceptors (Lipinski definition) is 2. The predicted molar refractivity (Wildman–Crippen MR) is 49.2 cm³/mol. The summed E-state index contributed by atoms with van der Waals surface area (Å²) in [5.41, 5.74) is 1.99. The van der Waals surface area contributed by atoms with E-state index in [1.165, 1.54) is 0 Å². The molecule has 0 aliphatic carbocycles. The fraction of sp³-hybridized carbons (Fsp3) is 0.100. The maximum Gasteiger partial charge on any atom is 0.299 e. The van der Waals surface area contributed by atoms with Gasteiger partial charge >= 0.3 is 0 Å². The van der Waals surface area contributed by atoms with Crippen LogP contribution in [0.1, 0.15) is 5.69 Å². The third-order valence-electron chi connectivity index (χ3n) is 2.13. The highest BCUT2D eigenvalue weighted by molar-refractivity contribution is 5.55. The molecule has 0 bridgehead atoms. The summed E-state index contributed by atoms with van der Waals surface area (Å²) in [5.74, 6) is 0. The largest absolute Gasteiger partial charge is 0.380 e. The zero-order valence-electron chi connectivity index (χ0n) is 7.75. The van der Waals surface area contributed by atoms with Crippen molar-refractivity contribution in [3.63, 3.8) is 0 Å². The number of rotatable bonds is 1. The van der Waals surface area contributed by atoms with E-state index in [1.807, 2.05) is 30.3 Å². The van der Waals surface area contributed by atoms with Gasteiger partial charge in [-0.3, -0.25) is 5.21 Å². The molecule has 0 amide bonds. The van der Waals surface area contributed by atoms with Gasteiger partial charge in [0.15, 0.2) is 0 Å². The van der Waals surface area contributed by atoms with E-state index in [0.717, 1.165) is 5.56 Å². The Kier molecular flexibility index (Phi) is 1.89. The van der Waals surface area contributed by atoms with Gasteiger partial charge in [-0.15, -0.1) is 0 Å². The molecule has 0 fully saturated rings. The van der Waals surface area contributed by atoms with Gasteiger partial charge in [-0.2, -0.15) is 0 Å². The van der Waals surface area contributed by atoms with Crippen molar-refractivity contribution < 1.29 is 15.3 Å². The molecule has 0 aliphatic rings. The normalized spacial score (nSPS) is 10.4. The van der Waals surface area contributed by atoms with Crippen molar-refractivity contribution >= 4 is 0 Å². The monoisotopic (exact) mass is 191 g/mol. The minimum absolute atomic E-state index is 0.561. The topological polar surface area (TPSA) is 49.3 Å². The second-order valence-corrected chi connectivity index (χ2v) is 3.12. The first-order chi connectivity index (χ1) is 6.70. The molecule has 2 aromatic rings. The molecular formula is C10H11N2O2+. The summed E-state index contributed by atoms with van der Waals surface area (Å²) in [6, 6.07) is 11.1. The molecular weight excluding hydrogens is 180 g/mol. The Morgan fingerprint density at radius 3 is 2.36 bits per heavy atom. The average molecular weight is 191 g/mol. The zero-order chi connectivity index (χ0) is 10.1. The Balaban J connectivity index is 2.58. The molecule has 0 spiro atoms. The lowest BCUT2D eigenvalue weighted by atomic mass is 10.1. The van der Waals surface area contributed by atoms with Gasteiger partial charge in [-0.05, 0) is 19.1 Å². The van der Waals surface area contributed by atoms with Crippen LogP contribution in [-0.4, -0.2) is 15.3 Å². The van der Waals surface area contributed by atoms with Crippen LogP contribution in [0.4, 0.5) is 0 Å². The Labute approximate surface area is 81.2 Å². The van der Waals surface area contributed by atoms with Crippen LogP contribution in [0.3, 0.4) is 0 Å². The minimum atomic E-state index is 0.561. The molecule has 1 aromatic heterocycles. The quantitative estimate of drug-likeness (QED) is 0.526. The van der Waals surface area contributed by atoms with Crippen LogP contribution in [0.25, 0.3) is 11.3 Å². The van der Waals surface area contributed by atoms with Gasteiger partial charge in [0.05, 0.1) is 10.4 Å². The first kappa shape index (κ1) is 8.62. The highest BCUT2D eigenvalue weighted by atomic mass is 16.6. The average Bonchev–Trinajstić information content (AvgIpc) is 2.47. The van der Waals surface area contributed by atoms with Gasteiger partial charge in [-0.25, -0.2) is 0 Å². The van der Waals surface area contributed by atoms with Crippen molar-refractivity contribution in [2.75, 3.05) is 0 Å². The molecule has 0 saturated carbocycles. The van der Waals surface area contributed by atoms with Crippen LogP contribution in [0.5, 0.6) is 0 Å². The van der Waals surface area contributed by atoms with Crippen molar-refractivity contribution in [1.82, 2.24) is 4.85 Å². The Morgan fingerprint density at radius 1 is 1.21 bits per heavy atom. The minimum Gasteiger partial charge on any atom is -0.380 e. The van der Waals surface area contributed by atoms with Gasteiger partial charge < -0.3 is 5.21 Å². The summed E-state index contributed by atoms with van der Waals surface area (Å²) in [6.45, 7) is 1.71. The van der Waals surface area contributed by atoms with Crippen molar-refractivity contribution in [3.05, 3.63) is 42.1 Å². The zero-order valence-corrected chi connectivity index (χ0v) is 7.75. The lowest BCUT2D eigenvalue weighted by Gasteiger charge is -1.90. The number of aromatic nitrogens is 2. The van der Waals surface area contributed by atoms with Crippen molar-refractivity contribution in [3.8, 4) is 11.3 Å². The maximum atomic E-state index is 9.50. The van der Waals surface area contributed by atoms with E-state index in [2.05, 4.69) is 0 Å². The van der Waals surface area contributed by atoms with Gasteiger partial charge in [0.25, 0.3) is 5.69 Å². The van der Waals surface area contributed by atoms with Crippen molar-refractivity contribution in [2.45, 2.75) is 6.92 Å². The van der Waals surface area contributed by atoms with E-state index < -0.39 is 0 Å². The molecule has 4 nitrogen and oxygen atoms in total. The van der Waals surface area contributed by atoms with E-state index in [4.69, 9.17) is 0 Å². The molecule has 14 heavy (non-hydrogen) atoms. The lowest BCUT2D eigenvalue weighted by molar-refractivity contribution is -0.972. The van der Waals surface area contributed by atoms with E-state index >= 15 is 0 Å². The predicted octanol–water partition coefficient (Wildman–Crippen LogP) is 1.23. The summed E-state index contributed by atoms with van der Waals surface area (Å²) in [6.07, 6.45) is 0. The van der Waals surface area contributed by atoms with Crippen LogP contribution in [0.15, 0.2) is 36.4 Å². The molecule has 0 aliphatic heterocycles. The SMILES string of the molecule is Cc1cc(-c2ccccc2)[n+](O)n1O. The molecule has 2 N–H and O–H groups in total. The molecule has 72 valence electrons. The standard InChI is InChI=1S/C10H11N2O2/c1-8-7-10(12(14)11(8)13)9-5-3-2-4-6-9/h2-7,13-14H,1H3/q+1. The summed E-state index contributed by atoms with van der Waals surface area (Å²) >= 11 is 0. The van der Waals surface area contributed by atoms with Gasteiger partial charge in [0, 0.05) is 6.07 Å². The van der Waals surface area contributed by atoms with Crippen molar-refractivity contribution in [2.24, 2.45) is 0 Å². The third-order valence-corrected chi connectivity index (χ3v) is 2.13. The number of nitrogens with zero attached hydrogens (tertiary/aromatic N) is 2. The van der Waals surface area contributed by atoms with Gasteiger partial charge in [0.2, 0.25) is 0 Å². The summed E-state index contributed by atoms with van der Waals surface area (Å²) in [4.78, 5) is 1.41. The molecule has 4 heteroatoms. The summed E-state index contributed by atoms with van der Waals surface area (Å²) < 4.78 is 0. The first-order valence-corrected chi connectivity index (χ1v) is 4.29. The fourth-order valence-corrected chi connectivity index (χ4v) is 1.37. The van der Waals surface area contributed by atoms with E-state index in [9.17, 15) is 10.4 Å². The summed E-state index contributed by atoms with van der Waals surface area (Å²) in [7, 11) is 0. The second-order valence-electron chi connectivity index (χ2n) is 3.12. The van der Waals surface area contributed by atoms with E-state index in [1.54, 1.807) is 13.0 Å². The highest BCUT2D eigenvalue weighted by Crippen LogP contribution is 2.15. The van der Waals surface area contributed by atoms with E-state index in [0.29, 0.717) is 21.1 Å². The van der Waals surface area contributed by atoms with Crippen LogP contribution in [0.2, 0.25) is 0 Å². The molecule has 0 unspecified atom stereocenters. The number of hydrogen-bond donors (Lipinski definition) is 2. The van der Waals surface area contributed by atoms with Gasteiger partial charge in [-0.1, -0.05) is 18.2 Å². The molecule has 0 atom stereocenters. The molecule has 0 saturated heterocycles. The maximum absolute atomic E-state index is 9.50. The molecule has 0 radical (unpaired) electrons. The van der Waals surface area contributed by atoms with E-state index in [-0.39, 0.29) is 0 Å². The van der Waals surface area contributed by atoms with Gasteiger partial charge in [0.1, 0.15) is 10.5 Å². The lowest BCUT2D eigenvalue weighted by Crippen LogP contribution is -2.41. The Bertz CT molecular complexity index is 449. The smallest absolute Gasteiger partial charge is 0.299 e. The van der Waals surface area contributed by atoms with Crippen LogP contribution in [0, 0.1) is 6.92 Å². The molecule has 1 aromatic carbocycles. The second kappa shape index (κ2) is 3.06. The molecule has 1 heterocycles. The molecule has 2 rings (SSSR count). The number of benzene rings is 1. The van der Waals surface area contributed by atoms with Crippen molar-refractivity contribution in [1.29, 1.82) is 0 Å². The summed E-state index contributed by atoms with van der Waals surface area (Å²) in [5, 5.41) is 18.8. The van der Waals surface area contributed by atoms with Crippen LogP contribution in [-0.2, 0) is 0 Å².